The number of aromatic nitrogens is 1. The highest BCUT2D eigenvalue weighted by Gasteiger charge is 2.11. The molecule has 0 bridgehead atoms. The summed E-state index contributed by atoms with van der Waals surface area (Å²) in [4.78, 5) is 3.96. The van der Waals surface area contributed by atoms with Crippen LogP contribution in [0.2, 0.25) is 0 Å². The van der Waals surface area contributed by atoms with Gasteiger partial charge in [0.15, 0.2) is 0 Å². The predicted octanol–water partition coefficient (Wildman–Crippen LogP) is 2.73. The predicted molar refractivity (Wildman–Crippen MR) is 81.4 cm³/mol. The molecule has 2 N–H and O–H groups in total. The van der Waals surface area contributed by atoms with E-state index in [1.165, 1.54) is 5.56 Å². The van der Waals surface area contributed by atoms with E-state index in [0.29, 0.717) is 12.6 Å². The molecule has 20 heavy (non-hydrogen) atoms. The molecule has 106 valence electrons. The summed E-state index contributed by atoms with van der Waals surface area (Å²) in [7, 11) is 0. The molecule has 0 aliphatic carbocycles. The first-order valence-electron chi connectivity index (χ1n) is 7.15. The van der Waals surface area contributed by atoms with Crippen molar-refractivity contribution in [3.05, 3.63) is 66.0 Å². The molecule has 2 rings (SSSR count). The minimum Gasteiger partial charge on any atom is -0.387 e. The van der Waals surface area contributed by atoms with Gasteiger partial charge in [-0.1, -0.05) is 37.3 Å². The first-order valence-corrected chi connectivity index (χ1v) is 7.15. The van der Waals surface area contributed by atoms with Crippen molar-refractivity contribution in [2.75, 3.05) is 6.54 Å². The van der Waals surface area contributed by atoms with Crippen molar-refractivity contribution < 1.29 is 5.11 Å². The molecule has 1 aromatic carbocycles. The monoisotopic (exact) mass is 270 g/mol. The Kier molecular flexibility index (Phi) is 5.71. The maximum absolute atomic E-state index is 10.1. The van der Waals surface area contributed by atoms with E-state index in [2.05, 4.69) is 41.5 Å². The van der Waals surface area contributed by atoms with E-state index in [9.17, 15) is 5.11 Å². The van der Waals surface area contributed by atoms with Gasteiger partial charge in [0, 0.05) is 25.0 Å². The molecule has 0 saturated heterocycles. The van der Waals surface area contributed by atoms with Crippen molar-refractivity contribution in [3.8, 4) is 0 Å². The van der Waals surface area contributed by atoms with Crippen LogP contribution in [-0.4, -0.2) is 22.7 Å². The summed E-state index contributed by atoms with van der Waals surface area (Å²) >= 11 is 0. The van der Waals surface area contributed by atoms with Crippen LogP contribution in [0.15, 0.2) is 54.9 Å². The lowest BCUT2D eigenvalue weighted by molar-refractivity contribution is 0.169. The number of aliphatic hydroxyl groups is 1. The van der Waals surface area contributed by atoms with E-state index >= 15 is 0 Å². The number of nitrogens with zero attached hydrogens (tertiary/aromatic N) is 1. The van der Waals surface area contributed by atoms with Gasteiger partial charge in [-0.05, 0) is 36.1 Å². The molecular weight excluding hydrogens is 248 g/mol. The average molecular weight is 270 g/mol. The van der Waals surface area contributed by atoms with Crippen molar-refractivity contribution in [1.82, 2.24) is 10.3 Å². The van der Waals surface area contributed by atoms with E-state index in [1.807, 2.05) is 18.2 Å². The SMILES string of the molecule is CCC(Cc1ccccc1)NCC(O)c1ccncc1. The van der Waals surface area contributed by atoms with Gasteiger partial charge in [-0.3, -0.25) is 4.98 Å². The fourth-order valence-corrected chi connectivity index (χ4v) is 2.24. The largest absolute Gasteiger partial charge is 0.387 e. The lowest BCUT2D eigenvalue weighted by Crippen LogP contribution is -2.34. The van der Waals surface area contributed by atoms with Crippen LogP contribution in [0, 0.1) is 0 Å². The molecule has 3 nitrogen and oxygen atoms in total. The van der Waals surface area contributed by atoms with Gasteiger partial charge in [0.2, 0.25) is 0 Å². The van der Waals surface area contributed by atoms with Crippen LogP contribution < -0.4 is 5.32 Å². The van der Waals surface area contributed by atoms with Crippen LogP contribution in [0.1, 0.15) is 30.6 Å². The van der Waals surface area contributed by atoms with Gasteiger partial charge in [0.1, 0.15) is 0 Å². The molecule has 0 fully saturated rings. The van der Waals surface area contributed by atoms with Crippen LogP contribution >= 0.6 is 0 Å². The van der Waals surface area contributed by atoms with E-state index in [0.717, 1.165) is 18.4 Å². The number of pyridine rings is 1. The van der Waals surface area contributed by atoms with Crippen LogP contribution in [-0.2, 0) is 6.42 Å². The second-order valence-electron chi connectivity index (χ2n) is 5.00. The first kappa shape index (κ1) is 14.7. The molecule has 0 saturated carbocycles. The molecular formula is C17H22N2O. The molecule has 1 aromatic heterocycles. The van der Waals surface area contributed by atoms with Gasteiger partial charge in [-0.25, -0.2) is 0 Å². The van der Waals surface area contributed by atoms with Crippen molar-refractivity contribution in [2.45, 2.75) is 31.9 Å². The van der Waals surface area contributed by atoms with Crippen LogP contribution in [0.5, 0.6) is 0 Å². The minimum absolute atomic E-state index is 0.383. The Bertz CT molecular complexity index is 487. The highest BCUT2D eigenvalue weighted by Crippen LogP contribution is 2.11. The number of benzene rings is 1. The van der Waals surface area contributed by atoms with Crippen LogP contribution in [0.3, 0.4) is 0 Å². The lowest BCUT2D eigenvalue weighted by atomic mass is 10.0. The van der Waals surface area contributed by atoms with Gasteiger partial charge < -0.3 is 10.4 Å². The van der Waals surface area contributed by atoms with Crippen molar-refractivity contribution in [2.24, 2.45) is 0 Å². The van der Waals surface area contributed by atoms with Crippen molar-refractivity contribution in [1.29, 1.82) is 0 Å². The number of hydrogen-bond donors (Lipinski definition) is 2. The van der Waals surface area contributed by atoms with Gasteiger partial charge in [0.25, 0.3) is 0 Å². The zero-order valence-electron chi connectivity index (χ0n) is 11.9. The van der Waals surface area contributed by atoms with Gasteiger partial charge in [-0.2, -0.15) is 0 Å². The molecule has 0 spiro atoms. The average Bonchev–Trinajstić information content (AvgIpc) is 2.53. The zero-order chi connectivity index (χ0) is 14.2. The summed E-state index contributed by atoms with van der Waals surface area (Å²) in [6.07, 6.45) is 4.96. The molecule has 0 aliphatic heterocycles. The molecule has 3 heteroatoms. The second-order valence-corrected chi connectivity index (χ2v) is 5.00. The summed E-state index contributed by atoms with van der Waals surface area (Å²) in [6.45, 7) is 2.73. The third kappa shape index (κ3) is 4.44. The standard InChI is InChI=1S/C17H22N2O/c1-2-16(12-14-6-4-3-5-7-14)19-13-17(20)15-8-10-18-11-9-15/h3-11,16-17,19-20H,2,12-13H2,1H3. The third-order valence-electron chi connectivity index (χ3n) is 3.51. The maximum Gasteiger partial charge on any atom is 0.0915 e. The maximum atomic E-state index is 10.1. The van der Waals surface area contributed by atoms with Gasteiger partial charge in [-0.15, -0.1) is 0 Å². The zero-order valence-corrected chi connectivity index (χ0v) is 11.9. The molecule has 2 aromatic rings. The molecule has 0 amide bonds. The Hall–Kier alpha value is -1.71. The topological polar surface area (TPSA) is 45.1 Å². The Labute approximate surface area is 120 Å². The quantitative estimate of drug-likeness (QED) is 0.813. The number of rotatable bonds is 7. The second kappa shape index (κ2) is 7.78. The normalized spacial score (nSPS) is 13.9. The van der Waals surface area contributed by atoms with Crippen LogP contribution in [0.4, 0.5) is 0 Å². The fourth-order valence-electron chi connectivity index (χ4n) is 2.24. The van der Waals surface area contributed by atoms with Gasteiger partial charge in [0.05, 0.1) is 6.10 Å². The minimum atomic E-state index is -0.483. The third-order valence-corrected chi connectivity index (χ3v) is 3.51. The van der Waals surface area contributed by atoms with E-state index < -0.39 is 6.10 Å². The molecule has 2 atom stereocenters. The number of nitrogens with one attached hydrogen (secondary N) is 1. The fraction of sp³-hybridized carbons (Fsp3) is 0.353. The molecule has 0 radical (unpaired) electrons. The van der Waals surface area contributed by atoms with Crippen molar-refractivity contribution >= 4 is 0 Å². The van der Waals surface area contributed by atoms with Crippen molar-refractivity contribution in [3.63, 3.8) is 0 Å². The lowest BCUT2D eigenvalue weighted by Gasteiger charge is -2.19. The van der Waals surface area contributed by atoms with Gasteiger partial charge >= 0.3 is 0 Å². The Balaban J connectivity index is 1.85. The van der Waals surface area contributed by atoms with E-state index in [-0.39, 0.29) is 0 Å². The summed E-state index contributed by atoms with van der Waals surface area (Å²) in [6, 6.07) is 14.5. The Morgan fingerprint density at radius 3 is 2.45 bits per heavy atom. The summed E-state index contributed by atoms with van der Waals surface area (Å²) in [5, 5.41) is 13.6. The molecule has 2 unspecified atom stereocenters. The Morgan fingerprint density at radius 2 is 1.80 bits per heavy atom. The summed E-state index contributed by atoms with van der Waals surface area (Å²) < 4.78 is 0. The first-order chi connectivity index (χ1) is 9.79. The number of hydrogen-bond acceptors (Lipinski definition) is 3. The smallest absolute Gasteiger partial charge is 0.0915 e. The number of aliphatic hydroxyl groups excluding tert-OH is 1. The van der Waals surface area contributed by atoms with Crippen LogP contribution in [0.25, 0.3) is 0 Å². The Morgan fingerprint density at radius 1 is 1.10 bits per heavy atom. The molecule has 1 heterocycles. The highest BCUT2D eigenvalue weighted by atomic mass is 16.3. The summed E-state index contributed by atoms with van der Waals surface area (Å²) in [5.74, 6) is 0. The summed E-state index contributed by atoms with van der Waals surface area (Å²) in [5.41, 5.74) is 2.23. The van der Waals surface area contributed by atoms with E-state index in [1.54, 1.807) is 12.4 Å². The highest BCUT2D eigenvalue weighted by molar-refractivity contribution is 5.16. The van der Waals surface area contributed by atoms with E-state index in [4.69, 9.17) is 0 Å². The molecule has 0 aliphatic rings.